The number of aryl methyl sites for hydroxylation is 1. The monoisotopic (exact) mass is 575 g/mol. The quantitative estimate of drug-likeness (QED) is 0.285. The summed E-state index contributed by atoms with van der Waals surface area (Å²) in [5.74, 6) is -2.98. The number of aliphatic hydroxyl groups excluding tert-OH is 1. The second kappa shape index (κ2) is 8.83. The number of hydrogen-bond acceptors (Lipinski definition) is 7. The molecule has 0 spiro atoms. The molecule has 13 heteroatoms. The van der Waals surface area contributed by atoms with E-state index in [1.165, 1.54) is 23.7 Å². The lowest BCUT2D eigenvalue weighted by Crippen LogP contribution is -2.46. The third kappa shape index (κ3) is 3.67. The number of nitrogens with zero attached hydrogens (tertiary/aromatic N) is 3. The highest BCUT2D eigenvalue weighted by atomic mass is 19.4. The Kier molecular flexibility index (Phi) is 5.89. The lowest BCUT2D eigenvalue weighted by molar-refractivity contribution is -0.211. The second-order valence-electron chi connectivity index (χ2n) is 10.8. The fourth-order valence-corrected chi connectivity index (χ4v) is 6.40. The Bertz CT molecular complexity index is 1750. The van der Waals surface area contributed by atoms with Gasteiger partial charge < -0.3 is 24.4 Å². The number of halogens is 4. The van der Waals surface area contributed by atoms with E-state index in [1.807, 2.05) is 0 Å². The number of fused-ring (bicyclic) bond motifs is 5. The molecule has 0 radical (unpaired) electrons. The fraction of sp³-hybridized carbons (Fsp3) is 0.429. The van der Waals surface area contributed by atoms with Gasteiger partial charge in [0, 0.05) is 29.6 Å². The van der Waals surface area contributed by atoms with Crippen molar-refractivity contribution >= 4 is 22.8 Å². The zero-order valence-electron chi connectivity index (χ0n) is 22.2. The Morgan fingerprint density at radius 1 is 1.27 bits per heavy atom. The van der Waals surface area contributed by atoms with Gasteiger partial charge in [-0.25, -0.2) is 14.2 Å². The van der Waals surface area contributed by atoms with Crippen molar-refractivity contribution in [2.45, 2.75) is 70.2 Å². The van der Waals surface area contributed by atoms with Crippen molar-refractivity contribution in [3.63, 3.8) is 0 Å². The van der Waals surface area contributed by atoms with E-state index in [0.717, 1.165) is 4.90 Å². The SMILES string of the molecule is CC[C@@]1(O)C(=O)OCc2c1cc1n(c2=O)Cc2c-1nc1cc(F)c(C)c3c1c2[C@@H](N(C)C(=O)[C@H](O)C(F)(F)F)CC3. The number of aliphatic hydroxyl groups is 2. The van der Waals surface area contributed by atoms with Crippen LogP contribution in [0.4, 0.5) is 17.6 Å². The van der Waals surface area contributed by atoms with E-state index in [0.29, 0.717) is 27.6 Å². The summed E-state index contributed by atoms with van der Waals surface area (Å²) in [5, 5.41) is 21.3. The number of alkyl halides is 3. The van der Waals surface area contributed by atoms with Crippen LogP contribution in [0.25, 0.3) is 22.3 Å². The number of amides is 1. The minimum atomic E-state index is -5.18. The topological polar surface area (TPSA) is 122 Å². The van der Waals surface area contributed by atoms with Crippen molar-refractivity contribution in [1.82, 2.24) is 14.5 Å². The largest absolute Gasteiger partial charge is 0.458 e. The highest BCUT2D eigenvalue weighted by Crippen LogP contribution is 2.47. The third-order valence-corrected chi connectivity index (χ3v) is 8.71. The number of pyridine rings is 2. The molecule has 0 unspecified atom stereocenters. The smallest absolute Gasteiger partial charge is 0.423 e. The minimum absolute atomic E-state index is 0.0657. The van der Waals surface area contributed by atoms with E-state index in [2.05, 4.69) is 4.98 Å². The number of ether oxygens (including phenoxy) is 1. The van der Waals surface area contributed by atoms with Crippen molar-refractivity contribution in [3.8, 4) is 11.4 Å². The molecule has 3 aliphatic rings. The Morgan fingerprint density at radius 3 is 2.63 bits per heavy atom. The summed E-state index contributed by atoms with van der Waals surface area (Å²) in [5.41, 5.74) is -0.0115. The van der Waals surface area contributed by atoms with Gasteiger partial charge in [-0.15, -0.1) is 0 Å². The molecule has 0 fully saturated rings. The summed E-state index contributed by atoms with van der Waals surface area (Å²) in [6.07, 6.45) is -8.11. The zero-order chi connectivity index (χ0) is 29.8. The van der Waals surface area contributed by atoms with E-state index in [-0.39, 0.29) is 60.4 Å². The molecule has 4 heterocycles. The Labute approximate surface area is 230 Å². The number of cyclic esters (lactones) is 1. The van der Waals surface area contributed by atoms with E-state index in [9.17, 15) is 42.2 Å². The fourth-order valence-electron chi connectivity index (χ4n) is 6.40. The van der Waals surface area contributed by atoms with Gasteiger partial charge in [-0.05, 0) is 48.9 Å². The molecule has 2 aliphatic heterocycles. The van der Waals surface area contributed by atoms with Crippen LogP contribution in [0.15, 0.2) is 16.9 Å². The van der Waals surface area contributed by atoms with Crippen molar-refractivity contribution in [1.29, 1.82) is 0 Å². The number of carbonyl (C=O) groups is 2. The van der Waals surface area contributed by atoms with Crippen LogP contribution < -0.4 is 5.56 Å². The molecular weight excluding hydrogens is 550 g/mol. The van der Waals surface area contributed by atoms with Crippen LogP contribution >= 0.6 is 0 Å². The summed E-state index contributed by atoms with van der Waals surface area (Å²) >= 11 is 0. The van der Waals surface area contributed by atoms with Gasteiger partial charge in [0.1, 0.15) is 12.4 Å². The van der Waals surface area contributed by atoms with Crippen LogP contribution in [0.5, 0.6) is 0 Å². The van der Waals surface area contributed by atoms with Gasteiger partial charge in [-0.1, -0.05) is 6.92 Å². The number of hydrogen-bond donors (Lipinski definition) is 2. The number of carbonyl (C=O) groups excluding carboxylic acids is 2. The average molecular weight is 576 g/mol. The number of benzene rings is 1. The van der Waals surface area contributed by atoms with Gasteiger partial charge in [-0.3, -0.25) is 9.59 Å². The number of rotatable bonds is 3. The Morgan fingerprint density at radius 2 is 1.98 bits per heavy atom. The molecule has 3 aromatic rings. The molecule has 2 aromatic heterocycles. The van der Waals surface area contributed by atoms with E-state index in [1.54, 1.807) is 13.8 Å². The molecule has 41 heavy (non-hydrogen) atoms. The van der Waals surface area contributed by atoms with Gasteiger partial charge in [0.25, 0.3) is 11.5 Å². The van der Waals surface area contributed by atoms with Crippen LogP contribution in [0.2, 0.25) is 0 Å². The summed E-state index contributed by atoms with van der Waals surface area (Å²) in [4.78, 5) is 44.4. The molecule has 0 saturated heterocycles. The van der Waals surface area contributed by atoms with Crippen LogP contribution in [0.3, 0.4) is 0 Å². The lowest BCUT2D eigenvalue weighted by Gasteiger charge is -2.36. The number of aromatic nitrogens is 2. The Balaban J connectivity index is 1.62. The standard InChI is InChI=1S/C28H25F4N3O6/c1-4-27(40)15-7-19-22-13(9-35(19)24(37)14(15)10-41-26(27)39)21-18(34(3)25(38)23(36)28(30,31)32)6-5-12-11(2)16(29)8-17(33-22)20(12)21/h7-8,18,23,36,40H,4-6,9-10H2,1-3H3/t18-,23-,27-/m0/s1. The lowest BCUT2D eigenvalue weighted by atomic mass is 9.81. The maximum Gasteiger partial charge on any atom is 0.423 e. The summed E-state index contributed by atoms with van der Waals surface area (Å²) in [7, 11) is 1.17. The predicted octanol–water partition coefficient (Wildman–Crippen LogP) is 2.90. The first-order chi connectivity index (χ1) is 19.2. The predicted molar refractivity (Wildman–Crippen MR) is 135 cm³/mol. The van der Waals surface area contributed by atoms with E-state index in [4.69, 9.17) is 4.74 Å². The maximum atomic E-state index is 15.0. The molecule has 216 valence electrons. The average Bonchev–Trinajstić information content (AvgIpc) is 3.30. The van der Waals surface area contributed by atoms with Crippen molar-refractivity contribution < 1.29 is 42.1 Å². The summed E-state index contributed by atoms with van der Waals surface area (Å²) < 4.78 is 61.2. The highest BCUT2D eigenvalue weighted by Gasteiger charge is 2.48. The normalized spacial score (nSPS) is 21.7. The van der Waals surface area contributed by atoms with Crippen molar-refractivity contribution in [2.24, 2.45) is 0 Å². The third-order valence-electron chi connectivity index (χ3n) is 8.71. The molecule has 3 atom stereocenters. The first-order valence-electron chi connectivity index (χ1n) is 13.0. The van der Waals surface area contributed by atoms with Gasteiger partial charge in [0.2, 0.25) is 6.10 Å². The van der Waals surface area contributed by atoms with Gasteiger partial charge in [-0.2, -0.15) is 13.2 Å². The molecule has 0 saturated carbocycles. The molecule has 2 N–H and O–H groups in total. The molecule has 1 aliphatic carbocycles. The highest BCUT2D eigenvalue weighted by molar-refractivity contribution is 5.94. The molecule has 6 rings (SSSR count). The van der Waals surface area contributed by atoms with Crippen LogP contribution in [-0.2, 0) is 39.5 Å². The summed E-state index contributed by atoms with van der Waals surface area (Å²) in [6, 6.07) is 1.73. The van der Waals surface area contributed by atoms with Crippen LogP contribution in [0.1, 0.15) is 59.2 Å². The van der Waals surface area contributed by atoms with Gasteiger partial charge in [0.15, 0.2) is 5.60 Å². The number of likely N-dealkylation sites (N-methyl/N-ethyl adjacent to an activating group) is 1. The molecule has 1 amide bonds. The summed E-state index contributed by atoms with van der Waals surface area (Å²) in [6.45, 7) is 2.73. The van der Waals surface area contributed by atoms with Crippen LogP contribution in [0, 0.1) is 12.7 Å². The minimum Gasteiger partial charge on any atom is -0.458 e. The first-order valence-corrected chi connectivity index (χ1v) is 13.0. The van der Waals surface area contributed by atoms with E-state index >= 15 is 0 Å². The van der Waals surface area contributed by atoms with Gasteiger partial charge in [0.05, 0.1) is 35.1 Å². The molecule has 0 bridgehead atoms. The van der Waals surface area contributed by atoms with Crippen molar-refractivity contribution in [3.05, 3.63) is 61.7 Å². The molecule has 1 aromatic carbocycles. The van der Waals surface area contributed by atoms with Crippen molar-refractivity contribution in [2.75, 3.05) is 7.05 Å². The molecular formula is C28H25F4N3O6. The second-order valence-corrected chi connectivity index (χ2v) is 10.8. The van der Waals surface area contributed by atoms with E-state index < -0.39 is 47.2 Å². The number of esters is 1. The van der Waals surface area contributed by atoms with Gasteiger partial charge >= 0.3 is 12.1 Å². The molecule has 9 nitrogen and oxygen atoms in total. The maximum absolute atomic E-state index is 15.0. The van der Waals surface area contributed by atoms with Crippen LogP contribution in [-0.4, -0.2) is 55.9 Å². The first kappa shape index (κ1) is 27.3. The zero-order valence-corrected chi connectivity index (χ0v) is 22.2. The Hall–Kier alpha value is -3.84.